The van der Waals surface area contributed by atoms with Crippen LogP contribution in [0, 0.1) is 0 Å². The zero-order chi connectivity index (χ0) is 15.3. The molecule has 0 amide bonds. The van der Waals surface area contributed by atoms with Gasteiger partial charge >= 0.3 is 0 Å². The van der Waals surface area contributed by atoms with Gasteiger partial charge in [-0.15, -0.1) is 0 Å². The van der Waals surface area contributed by atoms with Crippen molar-refractivity contribution in [1.29, 1.82) is 0 Å². The van der Waals surface area contributed by atoms with Crippen LogP contribution < -0.4 is 4.90 Å². The topological polar surface area (TPSA) is 12.5 Å². The van der Waals surface area contributed by atoms with E-state index < -0.39 is 0 Å². The molecular weight excluding hydrogens is 270 g/mol. The van der Waals surface area contributed by atoms with E-state index >= 15 is 0 Å². The lowest BCUT2D eigenvalue weighted by molar-refractivity contribution is 0.116. The normalized spacial score (nSPS) is 23.3. The average molecular weight is 293 g/mol. The first kappa shape index (κ1) is 13.8. The average Bonchev–Trinajstić information content (AvgIpc) is 3.09. The molecule has 0 radical (unpaired) electrons. The van der Waals surface area contributed by atoms with Crippen molar-refractivity contribution in [2.45, 2.75) is 38.2 Å². The number of ether oxygens (including phenoxy) is 1. The Morgan fingerprint density at radius 2 is 2.05 bits per heavy atom. The Balaban J connectivity index is 1.85. The van der Waals surface area contributed by atoms with Gasteiger partial charge in [-0.1, -0.05) is 50.8 Å². The Labute approximate surface area is 132 Å². The molecule has 1 atom stereocenters. The molecular formula is C20H23NO. The standard InChI is InChI=1S/C20H23NO/c1-14-20(2,3)19-17-9-5-4-7-15(17)10-11-18(19)21(14)13-16-8-6-12-22-16/h4-5,7,9-11,16H,1,6,8,12-13H2,2-3H3. The van der Waals surface area contributed by atoms with Crippen LogP contribution in [0.5, 0.6) is 0 Å². The maximum atomic E-state index is 5.85. The Morgan fingerprint density at radius 3 is 2.82 bits per heavy atom. The van der Waals surface area contributed by atoms with E-state index in [1.165, 1.54) is 34.1 Å². The van der Waals surface area contributed by atoms with Crippen LogP contribution in [0.2, 0.25) is 0 Å². The van der Waals surface area contributed by atoms with E-state index in [1.807, 2.05) is 0 Å². The minimum Gasteiger partial charge on any atom is -0.376 e. The van der Waals surface area contributed by atoms with E-state index in [1.54, 1.807) is 0 Å². The van der Waals surface area contributed by atoms with Crippen molar-refractivity contribution in [3.05, 3.63) is 54.2 Å². The summed E-state index contributed by atoms with van der Waals surface area (Å²) in [7, 11) is 0. The summed E-state index contributed by atoms with van der Waals surface area (Å²) in [5, 5.41) is 2.65. The minimum absolute atomic E-state index is 0.0329. The summed E-state index contributed by atoms with van der Waals surface area (Å²) in [4.78, 5) is 2.39. The summed E-state index contributed by atoms with van der Waals surface area (Å²) >= 11 is 0. The van der Waals surface area contributed by atoms with E-state index in [0.717, 1.165) is 19.6 Å². The van der Waals surface area contributed by atoms with Gasteiger partial charge in [-0.3, -0.25) is 0 Å². The molecule has 0 N–H and O–H groups in total. The molecule has 1 unspecified atom stereocenters. The van der Waals surface area contributed by atoms with Gasteiger partial charge < -0.3 is 9.64 Å². The van der Waals surface area contributed by atoms with Gasteiger partial charge in [0, 0.05) is 30.0 Å². The molecule has 2 aliphatic rings. The van der Waals surface area contributed by atoms with Crippen molar-refractivity contribution in [1.82, 2.24) is 0 Å². The molecule has 0 saturated carbocycles. The van der Waals surface area contributed by atoms with Crippen LogP contribution in [-0.4, -0.2) is 19.3 Å². The van der Waals surface area contributed by atoms with Crippen LogP contribution in [0.1, 0.15) is 32.3 Å². The zero-order valence-corrected chi connectivity index (χ0v) is 13.4. The van der Waals surface area contributed by atoms with Gasteiger partial charge in [0.05, 0.1) is 6.10 Å². The lowest BCUT2D eigenvalue weighted by Gasteiger charge is -2.27. The highest BCUT2D eigenvalue weighted by Gasteiger charge is 2.41. The smallest absolute Gasteiger partial charge is 0.0754 e. The monoisotopic (exact) mass is 293 g/mol. The van der Waals surface area contributed by atoms with Gasteiger partial charge in [0.1, 0.15) is 0 Å². The molecule has 2 aromatic rings. The Hall–Kier alpha value is -1.80. The summed E-state index contributed by atoms with van der Waals surface area (Å²) in [5.74, 6) is 0. The Bertz CT molecular complexity index is 740. The van der Waals surface area contributed by atoms with Gasteiger partial charge in [0.2, 0.25) is 0 Å². The van der Waals surface area contributed by atoms with Gasteiger partial charge in [0.15, 0.2) is 0 Å². The first-order valence-corrected chi connectivity index (χ1v) is 8.20. The fourth-order valence-corrected chi connectivity index (χ4v) is 3.97. The van der Waals surface area contributed by atoms with Crippen molar-refractivity contribution in [3.63, 3.8) is 0 Å². The molecule has 2 nitrogen and oxygen atoms in total. The van der Waals surface area contributed by atoms with E-state index in [9.17, 15) is 0 Å². The van der Waals surface area contributed by atoms with Gasteiger partial charge in [0.25, 0.3) is 0 Å². The SMILES string of the molecule is C=C1N(CC2CCCO2)c2ccc3ccccc3c2C1(C)C. The lowest BCUT2D eigenvalue weighted by atomic mass is 9.82. The highest BCUT2D eigenvalue weighted by Crippen LogP contribution is 2.50. The van der Waals surface area contributed by atoms with Crippen LogP contribution in [0.25, 0.3) is 10.8 Å². The molecule has 1 fully saturated rings. The van der Waals surface area contributed by atoms with Gasteiger partial charge in [-0.25, -0.2) is 0 Å². The molecule has 0 aliphatic carbocycles. The molecule has 22 heavy (non-hydrogen) atoms. The fourth-order valence-electron chi connectivity index (χ4n) is 3.97. The second kappa shape index (κ2) is 4.85. The highest BCUT2D eigenvalue weighted by atomic mass is 16.5. The van der Waals surface area contributed by atoms with E-state index in [2.05, 4.69) is 61.7 Å². The molecule has 2 aliphatic heterocycles. The van der Waals surface area contributed by atoms with Crippen LogP contribution in [0.4, 0.5) is 5.69 Å². The van der Waals surface area contributed by atoms with Crippen molar-refractivity contribution < 1.29 is 4.74 Å². The van der Waals surface area contributed by atoms with E-state index in [4.69, 9.17) is 4.74 Å². The van der Waals surface area contributed by atoms with E-state index in [0.29, 0.717) is 6.10 Å². The Kier molecular flexibility index (Phi) is 3.05. The summed E-state index contributed by atoms with van der Waals surface area (Å²) in [6.45, 7) is 10.8. The number of hydrogen-bond acceptors (Lipinski definition) is 2. The predicted octanol–water partition coefficient (Wildman–Crippen LogP) is 4.63. The number of fused-ring (bicyclic) bond motifs is 3. The molecule has 4 rings (SSSR count). The highest BCUT2D eigenvalue weighted by molar-refractivity contribution is 5.94. The molecule has 114 valence electrons. The number of hydrogen-bond donors (Lipinski definition) is 0. The summed E-state index contributed by atoms with van der Waals surface area (Å²) < 4.78 is 5.85. The predicted molar refractivity (Wildman–Crippen MR) is 92.4 cm³/mol. The van der Waals surface area contributed by atoms with Crippen molar-refractivity contribution in [3.8, 4) is 0 Å². The number of nitrogens with zero attached hydrogens (tertiary/aromatic N) is 1. The van der Waals surface area contributed by atoms with Gasteiger partial charge in [-0.2, -0.15) is 0 Å². The summed E-state index contributed by atoms with van der Waals surface area (Å²) in [6.07, 6.45) is 2.68. The van der Waals surface area contributed by atoms with Crippen LogP contribution in [0.15, 0.2) is 48.7 Å². The molecule has 0 spiro atoms. The molecule has 2 heterocycles. The van der Waals surface area contributed by atoms with Gasteiger partial charge in [-0.05, 0) is 35.2 Å². The number of rotatable bonds is 2. The Morgan fingerprint density at radius 1 is 1.23 bits per heavy atom. The summed E-state index contributed by atoms with van der Waals surface area (Å²) in [6, 6.07) is 13.1. The first-order chi connectivity index (χ1) is 10.6. The maximum absolute atomic E-state index is 5.85. The van der Waals surface area contributed by atoms with Crippen molar-refractivity contribution in [2.24, 2.45) is 0 Å². The lowest BCUT2D eigenvalue weighted by Crippen LogP contribution is -2.32. The third kappa shape index (κ3) is 1.90. The number of allylic oxidation sites excluding steroid dienone is 1. The molecule has 1 saturated heterocycles. The maximum Gasteiger partial charge on any atom is 0.0754 e. The fraction of sp³-hybridized carbons (Fsp3) is 0.400. The van der Waals surface area contributed by atoms with Crippen LogP contribution in [-0.2, 0) is 10.2 Å². The second-order valence-corrected chi connectivity index (χ2v) is 7.00. The van der Waals surface area contributed by atoms with Crippen molar-refractivity contribution >= 4 is 16.5 Å². The van der Waals surface area contributed by atoms with Crippen LogP contribution in [0.3, 0.4) is 0 Å². The third-order valence-electron chi connectivity index (χ3n) is 5.28. The number of benzene rings is 2. The molecule has 2 heteroatoms. The largest absolute Gasteiger partial charge is 0.376 e. The quantitative estimate of drug-likeness (QED) is 0.800. The van der Waals surface area contributed by atoms with E-state index in [-0.39, 0.29) is 5.41 Å². The minimum atomic E-state index is -0.0329. The van der Waals surface area contributed by atoms with Crippen molar-refractivity contribution in [2.75, 3.05) is 18.1 Å². The third-order valence-corrected chi connectivity index (χ3v) is 5.28. The van der Waals surface area contributed by atoms with Crippen LogP contribution >= 0.6 is 0 Å². The zero-order valence-electron chi connectivity index (χ0n) is 13.4. The number of anilines is 1. The molecule has 2 aromatic carbocycles. The summed E-state index contributed by atoms with van der Waals surface area (Å²) in [5.41, 5.74) is 3.88. The first-order valence-electron chi connectivity index (χ1n) is 8.20. The molecule has 0 aromatic heterocycles. The molecule has 0 bridgehead atoms. The second-order valence-electron chi connectivity index (χ2n) is 7.00.